The number of methoxy groups -OCH3 is 1. The summed E-state index contributed by atoms with van der Waals surface area (Å²) in [5.74, 6) is 0.362. The number of hydrogen-bond donors (Lipinski definition) is 1. The summed E-state index contributed by atoms with van der Waals surface area (Å²) in [7, 11) is -1.97. The first-order valence-corrected chi connectivity index (χ1v) is 12.2. The maximum atomic E-state index is 13.0. The van der Waals surface area contributed by atoms with E-state index in [1.165, 1.54) is 4.31 Å². The van der Waals surface area contributed by atoms with E-state index in [4.69, 9.17) is 4.74 Å². The van der Waals surface area contributed by atoms with Gasteiger partial charge in [0.2, 0.25) is 15.9 Å². The second-order valence-electron chi connectivity index (χ2n) is 8.21. The van der Waals surface area contributed by atoms with Crippen LogP contribution in [0.2, 0.25) is 0 Å². The lowest BCUT2D eigenvalue weighted by molar-refractivity contribution is -0.126. The molecule has 0 spiro atoms. The van der Waals surface area contributed by atoms with Gasteiger partial charge in [0, 0.05) is 13.1 Å². The van der Waals surface area contributed by atoms with E-state index in [2.05, 4.69) is 5.32 Å². The van der Waals surface area contributed by atoms with Crippen LogP contribution in [0.5, 0.6) is 5.75 Å². The minimum Gasteiger partial charge on any atom is -0.496 e. The fourth-order valence-corrected chi connectivity index (χ4v) is 5.59. The second kappa shape index (κ2) is 9.83. The molecule has 0 saturated carbocycles. The van der Waals surface area contributed by atoms with Crippen molar-refractivity contribution in [3.8, 4) is 5.75 Å². The molecule has 1 fully saturated rings. The molecule has 1 heterocycles. The summed E-state index contributed by atoms with van der Waals surface area (Å²) in [6, 6.07) is 12.6. The first-order chi connectivity index (χ1) is 14.8. The summed E-state index contributed by atoms with van der Waals surface area (Å²) in [5.41, 5.74) is 3.05. The largest absolute Gasteiger partial charge is 0.496 e. The molecule has 2 aromatic carbocycles. The van der Waals surface area contributed by atoms with Gasteiger partial charge in [-0.25, -0.2) is 8.42 Å². The van der Waals surface area contributed by atoms with E-state index in [0.29, 0.717) is 19.4 Å². The molecule has 2 aromatic rings. The number of rotatable bonds is 7. The van der Waals surface area contributed by atoms with E-state index in [0.717, 1.165) is 28.9 Å². The number of benzene rings is 2. The fraction of sp³-hybridized carbons (Fsp3) is 0.458. The van der Waals surface area contributed by atoms with Crippen molar-refractivity contribution in [1.82, 2.24) is 9.62 Å². The van der Waals surface area contributed by atoms with Gasteiger partial charge >= 0.3 is 0 Å². The zero-order valence-corrected chi connectivity index (χ0v) is 19.5. The number of amides is 1. The van der Waals surface area contributed by atoms with Crippen LogP contribution in [-0.4, -0.2) is 38.8 Å². The molecule has 3 rings (SSSR count). The van der Waals surface area contributed by atoms with Crippen molar-refractivity contribution in [1.29, 1.82) is 0 Å². The zero-order chi connectivity index (χ0) is 22.6. The summed E-state index contributed by atoms with van der Waals surface area (Å²) in [5, 5.41) is 3.14. The molecule has 31 heavy (non-hydrogen) atoms. The summed E-state index contributed by atoms with van der Waals surface area (Å²) in [6.07, 6.45) is 2.10. The standard InChI is InChI=1S/C24H32N2O4S/c1-5-22(19-10-13-23(30-4)18(3)15-19)25-24(27)20-7-6-14-26(16-20)31(28,29)21-11-8-17(2)9-12-21/h8-13,15,20,22H,5-7,14,16H2,1-4H3,(H,25,27)/t20-,22-/m1/s1. The van der Waals surface area contributed by atoms with Gasteiger partial charge < -0.3 is 10.1 Å². The van der Waals surface area contributed by atoms with Gasteiger partial charge in [-0.05, 0) is 62.4 Å². The van der Waals surface area contributed by atoms with Crippen LogP contribution in [0.25, 0.3) is 0 Å². The van der Waals surface area contributed by atoms with Crippen molar-refractivity contribution in [3.63, 3.8) is 0 Å². The Morgan fingerprint density at radius 1 is 1.19 bits per heavy atom. The smallest absolute Gasteiger partial charge is 0.243 e. The van der Waals surface area contributed by atoms with Crippen LogP contribution < -0.4 is 10.1 Å². The maximum absolute atomic E-state index is 13.0. The molecular formula is C24H32N2O4S. The molecule has 1 saturated heterocycles. The van der Waals surface area contributed by atoms with E-state index in [1.807, 2.05) is 39.0 Å². The van der Waals surface area contributed by atoms with Gasteiger partial charge in [-0.3, -0.25) is 4.79 Å². The highest BCUT2D eigenvalue weighted by molar-refractivity contribution is 7.89. The van der Waals surface area contributed by atoms with Gasteiger partial charge in [-0.15, -0.1) is 0 Å². The van der Waals surface area contributed by atoms with Crippen LogP contribution in [0, 0.1) is 19.8 Å². The van der Waals surface area contributed by atoms with E-state index in [-0.39, 0.29) is 29.3 Å². The van der Waals surface area contributed by atoms with Gasteiger partial charge in [0.05, 0.1) is 24.0 Å². The lowest BCUT2D eigenvalue weighted by atomic mass is 9.96. The van der Waals surface area contributed by atoms with Crippen LogP contribution in [-0.2, 0) is 14.8 Å². The minimum absolute atomic E-state index is 0.0934. The molecule has 0 unspecified atom stereocenters. The van der Waals surface area contributed by atoms with E-state index in [9.17, 15) is 13.2 Å². The van der Waals surface area contributed by atoms with Crippen LogP contribution in [0.1, 0.15) is 48.9 Å². The predicted molar refractivity (Wildman–Crippen MR) is 122 cm³/mol. The normalized spacial score (nSPS) is 18.4. The minimum atomic E-state index is -3.61. The molecule has 0 radical (unpaired) electrons. The third-order valence-electron chi connectivity index (χ3n) is 5.96. The number of piperidine rings is 1. The van der Waals surface area contributed by atoms with Gasteiger partial charge in [0.1, 0.15) is 5.75 Å². The SMILES string of the molecule is CC[C@@H](NC(=O)[C@@H]1CCCN(S(=O)(=O)c2ccc(C)cc2)C1)c1ccc(OC)c(C)c1. The molecule has 1 amide bonds. The molecular weight excluding hydrogens is 412 g/mol. The molecule has 6 nitrogen and oxygen atoms in total. The predicted octanol–water partition coefficient (Wildman–Crippen LogP) is 3.98. The molecule has 0 bridgehead atoms. The Morgan fingerprint density at radius 3 is 2.52 bits per heavy atom. The number of aryl methyl sites for hydroxylation is 2. The lowest BCUT2D eigenvalue weighted by Gasteiger charge is -2.32. The number of nitrogens with zero attached hydrogens (tertiary/aromatic N) is 1. The molecule has 0 aliphatic carbocycles. The van der Waals surface area contributed by atoms with Gasteiger partial charge in [-0.2, -0.15) is 4.31 Å². The summed E-state index contributed by atoms with van der Waals surface area (Å²) < 4.78 is 32.9. The van der Waals surface area contributed by atoms with Crippen molar-refractivity contribution >= 4 is 15.9 Å². The average Bonchev–Trinajstić information content (AvgIpc) is 2.77. The number of carbonyl (C=O) groups excluding carboxylic acids is 1. The van der Waals surface area contributed by atoms with Crippen LogP contribution >= 0.6 is 0 Å². The topological polar surface area (TPSA) is 75.7 Å². The molecule has 1 aliphatic rings. The molecule has 0 aromatic heterocycles. The summed E-state index contributed by atoms with van der Waals surface area (Å²) >= 11 is 0. The average molecular weight is 445 g/mol. The summed E-state index contributed by atoms with van der Waals surface area (Å²) in [6.45, 7) is 6.58. The Morgan fingerprint density at radius 2 is 1.90 bits per heavy atom. The van der Waals surface area contributed by atoms with E-state index in [1.54, 1.807) is 31.4 Å². The Kier molecular flexibility index (Phi) is 7.38. The van der Waals surface area contributed by atoms with Crippen molar-refractivity contribution < 1.29 is 17.9 Å². The quantitative estimate of drug-likeness (QED) is 0.701. The maximum Gasteiger partial charge on any atom is 0.243 e. The number of carbonyl (C=O) groups is 1. The molecule has 7 heteroatoms. The van der Waals surface area contributed by atoms with Crippen molar-refractivity contribution in [2.24, 2.45) is 5.92 Å². The van der Waals surface area contributed by atoms with Crippen LogP contribution in [0.4, 0.5) is 0 Å². The molecule has 2 atom stereocenters. The van der Waals surface area contributed by atoms with Crippen LogP contribution in [0.15, 0.2) is 47.4 Å². The first-order valence-electron chi connectivity index (χ1n) is 10.8. The lowest BCUT2D eigenvalue weighted by Crippen LogP contribution is -2.46. The Balaban J connectivity index is 1.71. The monoisotopic (exact) mass is 444 g/mol. The third-order valence-corrected chi connectivity index (χ3v) is 7.84. The van der Waals surface area contributed by atoms with Crippen molar-refractivity contribution in [2.75, 3.05) is 20.2 Å². The zero-order valence-electron chi connectivity index (χ0n) is 18.7. The van der Waals surface area contributed by atoms with Crippen molar-refractivity contribution in [3.05, 3.63) is 59.2 Å². The third kappa shape index (κ3) is 5.28. The Bertz CT molecular complexity index is 1020. The van der Waals surface area contributed by atoms with Gasteiger partial charge in [-0.1, -0.05) is 36.8 Å². The number of nitrogens with one attached hydrogen (secondary N) is 1. The highest BCUT2D eigenvalue weighted by Gasteiger charge is 2.34. The van der Waals surface area contributed by atoms with Gasteiger partial charge in [0.15, 0.2) is 0 Å². The number of ether oxygens (including phenoxy) is 1. The van der Waals surface area contributed by atoms with Gasteiger partial charge in [0.25, 0.3) is 0 Å². The molecule has 1 N–H and O–H groups in total. The highest BCUT2D eigenvalue weighted by atomic mass is 32.2. The number of hydrogen-bond acceptors (Lipinski definition) is 4. The Labute approximate surface area is 185 Å². The first kappa shape index (κ1) is 23.3. The van der Waals surface area contributed by atoms with E-state index < -0.39 is 10.0 Å². The fourth-order valence-electron chi connectivity index (χ4n) is 4.06. The second-order valence-corrected chi connectivity index (χ2v) is 10.2. The Hall–Kier alpha value is -2.38. The summed E-state index contributed by atoms with van der Waals surface area (Å²) in [4.78, 5) is 13.3. The number of sulfonamides is 1. The molecule has 168 valence electrons. The van der Waals surface area contributed by atoms with E-state index >= 15 is 0 Å². The highest BCUT2D eigenvalue weighted by Crippen LogP contribution is 2.27. The van der Waals surface area contributed by atoms with Crippen LogP contribution in [0.3, 0.4) is 0 Å². The van der Waals surface area contributed by atoms with Crippen molar-refractivity contribution in [2.45, 2.75) is 51.0 Å². The molecule has 1 aliphatic heterocycles.